The van der Waals surface area contributed by atoms with Crippen molar-refractivity contribution in [1.29, 1.82) is 0 Å². The van der Waals surface area contributed by atoms with Gasteiger partial charge in [-0.3, -0.25) is 4.79 Å². The molecule has 1 saturated heterocycles. The van der Waals surface area contributed by atoms with Gasteiger partial charge in [-0.25, -0.2) is 8.42 Å². The molecular formula is C20H23NO3S. The third kappa shape index (κ3) is 3.39. The fourth-order valence-corrected chi connectivity index (χ4v) is 5.02. The molecule has 0 radical (unpaired) electrons. The van der Waals surface area contributed by atoms with Crippen LogP contribution < -0.4 is 0 Å². The number of unbranched alkanes of at least 4 members (excludes halogenated alkanes) is 1. The van der Waals surface area contributed by atoms with Crippen LogP contribution in [0.5, 0.6) is 0 Å². The quantitative estimate of drug-likeness (QED) is 0.707. The monoisotopic (exact) mass is 357 g/mol. The van der Waals surface area contributed by atoms with E-state index in [1.165, 1.54) is 4.31 Å². The summed E-state index contributed by atoms with van der Waals surface area (Å²) in [4.78, 5) is 12.9. The second kappa shape index (κ2) is 7.10. The van der Waals surface area contributed by atoms with Gasteiger partial charge in [-0.2, -0.15) is 4.31 Å². The van der Waals surface area contributed by atoms with Crippen LogP contribution in [0.4, 0.5) is 0 Å². The number of sulfonamides is 1. The largest absolute Gasteiger partial charge is 0.298 e. The fourth-order valence-electron chi connectivity index (χ4n) is 3.27. The average Bonchev–Trinajstić information content (AvgIpc) is 3.37. The molecule has 2 aromatic rings. The number of nitrogens with zero attached hydrogens (tertiary/aromatic N) is 1. The Bertz CT molecular complexity index is 862. The zero-order chi connectivity index (χ0) is 18.0. The summed E-state index contributed by atoms with van der Waals surface area (Å²) in [6, 6.07) is 15.0. The molecule has 0 bridgehead atoms. The second-order valence-corrected chi connectivity index (χ2v) is 8.31. The van der Waals surface area contributed by atoms with Crippen molar-refractivity contribution in [3.63, 3.8) is 0 Å². The molecule has 2 aromatic carbocycles. The lowest BCUT2D eigenvalue weighted by Crippen LogP contribution is -2.19. The van der Waals surface area contributed by atoms with Crippen LogP contribution in [0.1, 0.15) is 43.4 Å². The molecule has 0 aromatic heterocycles. The first-order chi connectivity index (χ1) is 12.0. The number of rotatable bonds is 7. The van der Waals surface area contributed by atoms with Crippen molar-refractivity contribution in [1.82, 2.24) is 4.31 Å². The van der Waals surface area contributed by atoms with E-state index in [0.29, 0.717) is 6.42 Å². The number of benzene rings is 2. The van der Waals surface area contributed by atoms with E-state index in [4.69, 9.17) is 0 Å². The van der Waals surface area contributed by atoms with Crippen molar-refractivity contribution in [2.45, 2.75) is 50.1 Å². The van der Waals surface area contributed by atoms with Gasteiger partial charge in [-0.1, -0.05) is 55.8 Å². The van der Waals surface area contributed by atoms with Gasteiger partial charge in [0.1, 0.15) is 6.04 Å². The highest BCUT2D eigenvalue weighted by Gasteiger charge is 2.59. The lowest BCUT2D eigenvalue weighted by molar-refractivity contribution is -0.119. The molecule has 1 aliphatic heterocycles. The molecule has 0 aliphatic carbocycles. The van der Waals surface area contributed by atoms with Gasteiger partial charge in [-0.05, 0) is 36.6 Å². The van der Waals surface area contributed by atoms with Crippen LogP contribution in [-0.4, -0.2) is 24.5 Å². The maximum absolute atomic E-state index is 13.1. The Morgan fingerprint density at radius 2 is 1.68 bits per heavy atom. The Morgan fingerprint density at radius 1 is 1.04 bits per heavy atom. The van der Waals surface area contributed by atoms with E-state index < -0.39 is 22.1 Å². The molecule has 3 atom stereocenters. The minimum absolute atomic E-state index is 0.00890. The Hall–Kier alpha value is -1.98. The highest BCUT2D eigenvalue weighted by molar-refractivity contribution is 7.89. The summed E-state index contributed by atoms with van der Waals surface area (Å²) in [6.07, 6.45) is 2.12. The van der Waals surface area contributed by atoms with Gasteiger partial charge in [0.15, 0.2) is 5.78 Å². The predicted octanol–water partition coefficient (Wildman–Crippen LogP) is 3.87. The van der Waals surface area contributed by atoms with Crippen molar-refractivity contribution in [2.24, 2.45) is 0 Å². The maximum Gasteiger partial charge on any atom is 0.244 e. The van der Waals surface area contributed by atoms with Gasteiger partial charge in [0.05, 0.1) is 10.9 Å². The Balaban J connectivity index is 1.98. The smallest absolute Gasteiger partial charge is 0.244 e. The molecule has 5 heteroatoms. The highest BCUT2D eigenvalue weighted by Crippen LogP contribution is 2.49. The molecule has 1 unspecified atom stereocenters. The van der Waals surface area contributed by atoms with Crippen molar-refractivity contribution < 1.29 is 13.2 Å². The maximum atomic E-state index is 13.1. The first kappa shape index (κ1) is 17.8. The number of aryl methyl sites for hydroxylation is 1. The van der Waals surface area contributed by atoms with E-state index >= 15 is 0 Å². The third-order valence-electron chi connectivity index (χ3n) is 4.69. The van der Waals surface area contributed by atoms with Crippen LogP contribution >= 0.6 is 0 Å². The molecule has 1 aliphatic rings. The normalized spacial score (nSPS) is 22.6. The van der Waals surface area contributed by atoms with Crippen LogP contribution in [0, 0.1) is 6.92 Å². The van der Waals surface area contributed by atoms with Crippen LogP contribution in [-0.2, 0) is 14.8 Å². The molecule has 0 saturated carbocycles. The van der Waals surface area contributed by atoms with Crippen molar-refractivity contribution >= 4 is 15.8 Å². The molecule has 132 valence electrons. The van der Waals surface area contributed by atoms with Crippen LogP contribution in [0.15, 0.2) is 59.5 Å². The number of carbonyl (C=O) groups is 1. The summed E-state index contributed by atoms with van der Waals surface area (Å²) < 4.78 is 27.5. The topological polar surface area (TPSA) is 54.2 Å². The Morgan fingerprint density at radius 3 is 2.32 bits per heavy atom. The minimum Gasteiger partial charge on any atom is -0.298 e. The molecule has 3 rings (SSSR count). The summed E-state index contributed by atoms with van der Waals surface area (Å²) >= 11 is 0. The van der Waals surface area contributed by atoms with Crippen molar-refractivity contribution in [3.05, 3.63) is 65.7 Å². The van der Waals surface area contributed by atoms with Gasteiger partial charge >= 0.3 is 0 Å². The summed E-state index contributed by atoms with van der Waals surface area (Å²) in [5, 5.41) is 0. The number of ketones is 1. The van der Waals surface area contributed by atoms with E-state index in [-0.39, 0.29) is 10.7 Å². The van der Waals surface area contributed by atoms with Crippen LogP contribution in [0.2, 0.25) is 0 Å². The van der Waals surface area contributed by atoms with E-state index in [1.807, 2.05) is 38.1 Å². The van der Waals surface area contributed by atoms with E-state index in [9.17, 15) is 13.2 Å². The predicted molar refractivity (Wildman–Crippen MR) is 97.7 cm³/mol. The first-order valence-corrected chi connectivity index (χ1v) is 10.1. The highest BCUT2D eigenvalue weighted by atomic mass is 32.2. The molecule has 1 heterocycles. The minimum atomic E-state index is -3.69. The average molecular weight is 357 g/mol. The van der Waals surface area contributed by atoms with Gasteiger partial charge in [-0.15, -0.1) is 0 Å². The molecule has 1 fully saturated rings. The van der Waals surface area contributed by atoms with E-state index in [1.54, 1.807) is 30.3 Å². The lowest BCUT2D eigenvalue weighted by atomic mass is 10.0. The number of Topliss-reactive ketones (excluding diaryl/α,β-unsaturated/α-hetero) is 1. The number of hydrogen-bond acceptors (Lipinski definition) is 3. The standard InChI is InChI=1S/C20H23NO3S/c1-3-4-14-18(22)20-19(17-13-9-8-10-15(17)2)21(20)25(23,24)16-11-6-5-7-12-16/h5-13,19-20H,3-4,14H2,1-2H3/t19-,20+,21?/m1/s1. The molecule has 0 spiro atoms. The molecule has 4 nitrogen and oxygen atoms in total. The van der Waals surface area contributed by atoms with Gasteiger partial charge < -0.3 is 0 Å². The van der Waals surface area contributed by atoms with Crippen molar-refractivity contribution in [2.75, 3.05) is 0 Å². The first-order valence-electron chi connectivity index (χ1n) is 8.65. The molecule has 0 amide bonds. The fraction of sp³-hybridized carbons (Fsp3) is 0.350. The second-order valence-electron chi connectivity index (χ2n) is 6.46. The van der Waals surface area contributed by atoms with E-state index in [0.717, 1.165) is 24.0 Å². The molecule has 25 heavy (non-hydrogen) atoms. The SMILES string of the molecule is CCCCC(=O)[C@H]1[C@@H](c2ccccc2C)N1S(=O)(=O)c1ccccc1. The number of carbonyl (C=O) groups excluding carboxylic acids is 1. The number of hydrogen-bond donors (Lipinski definition) is 0. The zero-order valence-corrected chi connectivity index (χ0v) is 15.4. The van der Waals surface area contributed by atoms with Crippen LogP contribution in [0.25, 0.3) is 0 Å². The van der Waals surface area contributed by atoms with Gasteiger partial charge in [0.2, 0.25) is 10.0 Å². The third-order valence-corrected chi connectivity index (χ3v) is 6.57. The van der Waals surface area contributed by atoms with E-state index in [2.05, 4.69) is 0 Å². The Labute approximate surface area is 149 Å². The lowest BCUT2D eigenvalue weighted by Gasteiger charge is -2.07. The summed E-state index contributed by atoms with van der Waals surface area (Å²) in [5.41, 5.74) is 1.92. The molecule has 0 N–H and O–H groups in total. The zero-order valence-electron chi connectivity index (χ0n) is 14.6. The Kier molecular flexibility index (Phi) is 5.06. The summed E-state index contributed by atoms with van der Waals surface area (Å²) in [7, 11) is -3.69. The molecular weight excluding hydrogens is 334 g/mol. The van der Waals surface area contributed by atoms with Gasteiger partial charge in [0, 0.05) is 6.42 Å². The summed E-state index contributed by atoms with van der Waals surface area (Å²) in [5.74, 6) is 0.00890. The van der Waals surface area contributed by atoms with Crippen molar-refractivity contribution in [3.8, 4) is 0 Å². The summed E-state index contributed by atoms with van der Waals surface area (Å²) in [6.45, 7) is 3.98. The van der Waals surface area contributed by atoms with Crippen LogP contribution in [0.3, 0.4) is 0 Å². The van der Waals surface area contributed by atoms with Gasteiger partial charge in [0.25, 0.3) is 0 Å².